The molecule has 0 heterocycles. The standard InChI is InChI=1S/C16H20O4/c1-3-5-15(16(18)19-4-2)20-12-7-8-13-11(10-12)6-9-14(13)17/h7-8,10,15H,3-6,9H2,1-2H3. The number of ether oxygens (including phenoxy) is 2. The van der Waals surface area contributed by atoms with Crippen molar-refractivity contribution in [3.63, 3.8) is 0 Å². The van der Waals surface area contributed by atoms with Gasteiger partial charge in [0.15, 0.2) is 11.9 Å². The topological polar surface area (TPSA) is 52.6 Å². The molecule has 0 fully saturated rings. The number of carbonyl (C=O) groups excluding carboxylic acids is 2. The molecule has 0 saturated carbocycles. The second-order valence-corrected chi connectivity index (χ2v) is 4.89. The number of carbonyl (C=O) groups is 2. The van der Waals surface area contributed by atoms with E-state index in [2.05, 4.69) is 0 Å². The largest absolute Gasteiger partial charge is 0.479 e. The molecular weight excluding hydrogens is 256 g/mol. The molecule has 0 saturated heterocycles. The highest BCUT2D eigenvalue weighted by Gasteiger charge is 2.23. The lowest BCUT2D eigenvalue weighted by atomic mass is 10.1. The summed E-state index contributed by atoms with van der Waals surface area (Å²) in [6, 6.07) is 5.40. The second kappa shape index (κ2) is 6.55. The first-order valence-corrected chi connectivity index (χ1v) is 7.15. The van der Waals surface area contributed by atoms with Gasteiger partial charge in [0.05, 0.1) is 6.61 Å². The molecule has 1 atom stereocenters. The molecule has 108 valence electrons. The molecule has 1 aromatic rings. The van der Waals surface area contributed by atoms with E-state index < -0.39 is 6.10 Å². The number of ketones is 1. The van der Waals surface area contributed by atoms with Crippen molar-refractivity contribution in [1.29, 1.82) is 0 Å². The maximum Gasteiger partial charge on any atom is 0.347 e. The molecule has 0 radical (unpaired) electrons. The number of hydrogen-bond acceptors (Lipinski definition) is 4. The van der Waals surface area contributed by atoms with Gasteiger partial charge in [-0.05, 0) is 43.5 Å². The van der Waals surface area contributed by atoms with Gasteiger partial charge in [-0.15, -0.1) is 0 Å². The van der Waals surface area contributed by atoms with Gasteiger partial charge in [-0.1, -0.05) is 13.3 Å². The Labute approximate surface area is 119 Å². The van der Waals surface area contributed by atoms with Crippen LogP contribution in [0.3, 0.4) is 0 Å². The van der Waals surface area contributed by atoms with Gasteiger partial charge in [0.2, 0.25) is 0 Å². The summed E-state index contributed by atoms with van der Waals surface area (Å²) in [7, 11) is 0. The van der Waals surface area contributed by atoms with E-state index in [1.54, 1.807) is 19.1 Å². The maximum absolute atomic E-state index is 11.8. The first-order chi connectivity index (χ1) is 9.65. The summed E-state index contributed by atoms with van der Waals surface area (Å²) in [5.74, 6) is 0.484. The van der Waals surface area contributed by atoms with Crippen molar-refractivity contribution in [2.45, 2.75) is 45.6 Å². The van der Waals surface area contributed by atoms with Gasteiger partial charge in [-0.2, -0.15) is 0 Å². The first-order valence-electron chi connectivity index (χ1n) is 7.15. The zero-order chi connectivity index (χ0) is 14.5. The van der Waals surface area contributed by atoms with E-state index in [0.29, 0.717) is 25.2 Å². The lowest BCUT2D eigenvalue weighted by Crippen LogP contribution is -2.29. The normalized spacial score (nSPS) is 14.8. The third kappa shape index (κ3) is 3.18. The van der Waals surface area contributed by atoms with E-state index in [1.807, 2.05) is 13.0 Å². The van der Waals surface area contributed by atoms with E-state index in [9.17, 15) is 9.59 Å². The predicted octanol–water partition coefficient (Wildman–Crippen LogP) is 2.93. The summed E-state index contributed by atoms with van der Waals surface area (Å²) >= 11 is 0. The van der Waals surface area contributed by atoms with Gasteiger partial charge < -0.3 is 9.47 Å². The van der Waals surface area contributed by atoms with Gasteiger partial charge in [-0.3, -0.25) is 4.79 Å². The maximum atomic E-state index is 11.8. The summed E-state index contributed by atoms with van der Waals surface area (Å²) in [4.78, 5) is 23.4. The fraction of sp³-hybridized carbons (Fsp3) is 0.500. The Morgan fingerprint density at radius 1 is 1.30 bits per heavy atom. The van der Waals surface area contributed by atoms with Crippen LogP contribution >= 0.6 is 0 Å². The van der Waals surface area contributed by atoms with E-state index in [0.717, 1.165) is 24.0 Å². The number of esters is 1. The summed E-state index contributed by atoms with van der Waals surface area (Å²) in [6.45, 7) is 4.12. The lowest BCUT2D eigenvalue weighted by molar-refractivity contribution is -0.151. The first kappa shape index (κ1) is 14.6. The molecule has 0 spiro atoms. The van der Waals surface area contributed by atoms with Crippen molar-refractivity contribution < 1.29 is 19.1 Å². The smallest absolute Gasteiger partial charge is 0.347 e. The number of rotatable bonds is 6. The number of benzene rings is 1. The van der Waals surface area contributed by atoms with Crippen LogP contribution in [0.15, 0.2) is 18.2 Å². The van der Waals surface area contributed by atoms with Crippen molar-refractivity contribution in [1.82, 2.24) is 0 Å². The zero-order valence-corrected chi connectivity index (χ0v) is 12.0. The van der Waals surface area contributed by atoms with E-state index in [-0.39, 0.29) is 11.8 Å². The van der Waals surface area contributed by atoms with Crippen molar-refractivity contribution in [3.8, 4) is 5.75 Å². The Morgan fingerprint density at radius 3 is 2.80 bits per heavy atom. The quantitative estimate of drug-likeness (QED) is 0.750. The van der Waals surface area contributed by atoms with Gasteiger partial charge in [0.25, 0.3) is 0 Å². The Kier molecular flexibility index (Phi) is 4.77. The molecule has 4 heteroatoms. The molecule has 0 amide bonds. The van der Waals surface area contributed by atoms with Gasteiger partial charge >= 0.3 is 5.97 Å². The van der Waals surface area contributed by atoms with E-state index >= 15 is 0 Å². The monoisotopic (exact) mass is 276 g/mol. The van der Waals surface area contributed by atoms with Crippen LogP contribution < -0.4 is 4.74 Å². The molecule has 1 aromatic carbocycles. The average Bonchev–Trinajstić information content (AvgIpc) is 2.80. The summed E-state index contributed by atoms with van der Waals surface area (Å²) in [5.41, 5.74) is 1.78. The Balaban J connectivity index is 2.11. The summed E-state index contributed by atoms with van der Waals surface area (Å²) in [6.07, 6.45) is 2.20. The number of fused-ring (bicyclic) bond motifs is 1. The van der Waals surface area contributed by atoms with Crippen molar-refractivity contribution >= 4 is 11.8 Å². The third-order valence-electron chi connectivity index (χ3n) is 3.38. The Morgan fingerprint density at radius 2 is 2.10 bits per heavy atom. The van der Waals surface area contributed by atoms with E-state index in [4.69, 9.17) is 9.47 Å². The van der Waals surface area contributed by atoms with E-state index in [1.165, 1.54) is 0 Å². The minimum Gasteiger partial charge on any atom is -0.479 e. The molecule has 1 aliphatic rings. The van der Waals surface area contributed by atoms with Crippen LogP contribution in [0.4, 0.5) is 0 Å². The minimum atomic E-state index is -0.574. The summed E-state index contributed by atoms with van der Waals surface area (Å²) in [5, 5.41) is 0. The van der Waals surface area contributed by atoms with Gasteiger partial charge in [-0.25, -0.2) is 4.79 Å². The van der Waals surface area contributed by atoms with Crippen LogP contribution in [-0.2, 0) is 16.0 Å². The highest BCUT2D eigenvalue weighted by atomic mass is 16.6. The number of hydrogen-bond donors (Lipinski definition) is 0. The molecule has 0 bridgehead atoms. The molecule has 1 aliphatic carbocycles. The molecular formula is C16H20O4. The minimum absolute atomic E-state index is 0.182. The highest BCUT2D eigenvalue weighted by molar-refractivity contribution is 6.00. The van der Waals surface area contributed by atoms with Crippen molar-refractivity contribution in [2.24, 2.45) is 0 Å². The molecule has 4 nitrogen and oxygen atoms in total. The second-order valence-electron chi connectivity index (χ2n) is 4.89. The number of Topliss-reactive ketones (excluding diaryl/α,β-unsaturated/α-hetero) is 1. The Bertz CT molecular complexity index is 507. The van der Waals surface area contributed by atoms with Crippen LogP contribution in [0.2, 0.25) is 0 Å². The fourth-order valence-corrected chi connectivity index (χ4v) is 2.39. The van der Waals surface area contributed by atoms with Crippen molar-refractivity contribution in [2.75, 3.05) is 6.61 Å². The van der Waals surface area contributed by atoms with Gasteiger partial charge in [0.1, 0.15) is 5.75 Å². The zero-order valence-electron chi connectivity index (χ0n) is 12.0. The number of aryl methyl sites for hydroxylation is 1. The van der Waals surface area contributed by atoms with Crippen LogP contribution in [-0.4, -0.2) is 24.5 Å². The van der Waals surface area contributed by atoms with Crippen LogP contribution in [0.1, 0.15) is 49.0 Å². The molecule has 0 aliphatic heterocycles. The van der Waals surface area contributed by atoms with Crippen molar-refractivity contribution in [3.05, 3.63) is 29.3 Å². The van der Waals surface area contributed by atoms with Crippen LogP contribution in [0.5, 0.6) is 5.75 Å². The average molecular weight is 276 g/mol. The van der Waals surface area contributed by atoms with Crippen LogP contribution in [0, 0.1) is 0 Å². The molecule has 0 aromatic heterocycles. The van der Waals surface area contributed by atoms with Crippen LogP contribution in [0.25, 0.3) is 0 Å². The molecule has 1 unspecified atom stereocenters. The molecule has 0 N–H and O–H groups in total. The Hall–Kier alpha value is -1.84. The highest BCUT2D eigenvalue weighted by Crippen LogP contribution is 2.27. The fourth-order valence-electron chi connectivity index (χ4n) is 2.39. The molecule has 20 heavy (non-hydrogen) atoms. The van der Waals surface area contributed by atoms with Gasteiger partial charge in [0, 0.05) is 12.0 Å². The summed E-state index contributed by atoms with van der Waals surface area (Å²) < 4.78 is 10.8. The molecule has 2 rings (SSSR count). The lowest BCUT2D eigenvalue weighted by Gasteiger charge is -2.17. The third-order valence-corrected chi connectivity index (χ3v) is 3.38. The predicted molar refractivity (Wildman–Crippen MR) is 75.1 cm³/mol. The SMILES string of the molecule is CCCC(Oc1ccc2c(c1)CCC2=O)C(=O)OCC.